The Morgan fingerprint density at radius 3 is 1.07 bits per heavy atom. The second-order valence-electron chi connectivity index (χ2n) is 26.1. The minimum Gasteiger partial charge on any atom is -0.0616 e. The van der Waals surface area contributed by atoms with Gasteiger partial charge in [-0.3, -0.25) is 0 Å². The highest BCUT2D eigenvalue weighted by molar-refractivity contribution is 6.34. The van der Waals surface area contributed by atoms with Crippen molar-refractivity contribution in [2.75, 3.05) is 0 Å². The molecule has 0 amide bonds. The topological polar surface area (TPSA) is 0 Å². The smallest absolute Gasteiger partial charge is 0.000740 e. The Labute approximate surface area is 437 Å². The minimum absolute atomic E-state index is 0.0535. The lowest BCUT2D eigenvalue weighted by molar-refractivity contribution is 0.568. The first kappa shape index (κ1) is 45.1. The molecular weight excluding hydrogens is 889 g/mol. The Morgan fingerprint density at radius 2 is 0.581 bits per heavy atom. The molecule has 0 bridgehead atoms. The highest BCUT2D eigenvalue weighted by Gasteiger charge is 2.37. The van der Waals surface area contributed by atoms with Crippen molar-refractivity contribution in [3.8, 4) is 77.9 Å². The van der Waals surface area contributed by atoms with E-state index in [0.717, 1.165) is 0 Å². The first-order valence-electron chi connectivity index (χ1n) is 27.0. The molecular formula is C74H64. The van der Waals surface area contributed by atoms with Gasteiger partial charge in [-0.1, -0.05) is 241 Å². The van der Waals surface area contributed by atoms with Gasteiger partial charge in [0.15, 0.2) is 0 Å². The average molecular weight is 953 g/mol. The largest absolute Gasteiger partial charge is 0.0616 e. The minimum atomic E-state index is -0.0535. The molecule has 12 aromatic rings. The van der Waals surface area contributed by atoms with E-state index in [2.05, 4.69) is 253 Å². The summed E-state index contributed by atoms with van der Waals surface area (Å²) in [5.74, 6) is 0. The molecule has 0 heteroatoms. The lowest BCUT2D eigenvalue weighted by atomic mass is 9.75. The fourth-order valence-electron chi connectivity index (χ4n) is 13.2. The summed E-state index contributed by atoms with van der Waals surface area (Å²) < 4.78 is 0. The van der Waals surface area contributed by atoms with Crippen LogP contribution in [0.1, 0.15) is 105 Å². The summed E-state index contributed by atoms with van der Waals surface area (Å²) in [6.45, 7) is 28.5. The van der Waals surface area contributed by atoms with Crippen LogP contribution < -0.4 is 0 Å². The number of benzene rings is 12. The molecule has 2 aliphatic rings. The van der Waals surface area contributed by atoms with Crippen molar-refractivity contribution in [2.24, 2.45) is 0 Å². The molecule has 0 saturated carbocycles. The average Bonchev–Trinajstić information content (AvgIpc) is 3.92. The van der Waals surface area contributed by atoms with Crippen LogP contribution in [0.4, 0.5) is 0 Å². The predicted octanol–water partition coefficient (Wildman–Crippen LogP) is 21.5. The molecule has 0 atom stereocenters. The third kappa shape index (κ3) is 6.46. The van der Waals surface area contributed by atoms with E-state index in [4.69, 9.17) is 0 Å². The van der Waals surface area contributed by atoms with E-state index < -0.39 is 0 Å². The first-order valence-corrected chi connectivity index (χ1v) is 27.0. The highest BCUT2D eigenvalue weighted by atomic mass is 14.4. The Hall–Kier alpha value is -7.54. The van der Waals surface area contributed by atoms with Gasteiger partial charge in [0.25, 0.3) is 0 Å². The molecule has 14 rings (SSSR count). The fourth-order valence-corrected chi connectivity index (χ4v) is 13.2. The Bertz CT molecular complexity index is 4200. The number of fused-ring (bicyclic) bond motifs is 8. The molecule has 0 fully saturated rings. The second kappa shape index (κ2) is 15.0. The van der Waals surface area contributed by atoms with E-state index in [1.54, 1.807) is 0 Å². The summed E-state index contributed by atoms with van der Waals surface area (Å²) in [7, 11) is 0. The molecule has 74 heavy (non-hydrogen) atoms. The third-order valence-electron chi connectivity index (χ3n) is 17.2. The highest BCUT2D eigenvalue weighted by Crippen LogP contribution is 2.63. The maximum Gasteiger partial charge on any atom is -0.000740 e. The van der Waals surface area contributed by atoms with E-state index in [1.807, 2.05) is 0 Å². The third-order valence-corrected chi connectivity index (χ3v) is 17.2. The summed E-state index contributed by atoms with van der Waals surface area (Å²) in [4.78, 5) is 0. The summed E-state index contributed by atoms with van der Waals surface area (Å²) in [5, 5.41) is 15.8. The van der Waals surface area contributed by atoms with Gasteiger partial charge in [0, 0.05) is 0 Å². The monoisotopic (exact) mass is 953 g/mol. The normalized spacial score (nSPS) is 13.4. The molecule has 0 N–H and O–H groups in total. The van der Waals surface area contributed by atoms with Crippen molar-refractivity contribution in [1.29, 1.82) is 0 Å². The molecule has 0 saturated heterocycles. The van der Waals surface area contributed by atoms with E-state index in [0.29, 0.717) is 0 Å². The van der Waals surface area contributed by atoms with Gasteiger partial charge >= 0.3 is 0 Å². The second-order valence-corrected chi connectivity index (χ2v) is 26.1. The summed E-state index contributed by atoms with van der Waals surface area (Å²) >= 11 is 0. The predicted molar refractivity (Wildman–Crippen MR) is 323 cm³/mol. The molecule has 0 unspecified atom stereocenters. The van der Waals surface area contributed by atoms with E-state index >= 15 is 0 Å². The van der Waals surface area contributed by atoms with Crippen LogP contribution in [0.5, 0.6) is 0 Å². The van der Waals surface area contributed by atoms with Crippen LogP contribution in [0.15, 0.2) is 170 Å². The standard InChI is InChI=1S/C74H64/c1-71(2,3)48-33-46(34-49(39-48)72(4,5)6)64-60-37-44-17-13-14-18-45(44)38-61(60)65(47-35-50(73(7,8)9)40-51(36-47)74(10,11)12)70-59-32-31-57-66-53(21-16-22-54(66)56-29-30-58(69(64)70)68(59)67(56)57)52-27-25-43-24-23-41-19-15-20-42-26-28-55(52)63(43)62(41)42/h13-40H,1-12H3. The lowest BCUT2D eigenvalue weighted by Gasteiger charge is -2.29. The SMILES string of the molecule is CC(C)(C)c1cc(-c2c3c(c(-c4cc(C(C)(C)C)cc(C(C)(C)C)c4)c4cc5ccccc5cc24)-c2ccc4c5c(ccc-3c25)-c2cccc(-c3ccc5ccc6cccc7ccc3c5c67)c2-4)cc(C(C)(C)C)c1. The maximum absolute atomic E-state index is 2.54. The van der Waals surface area contributed by atoms with Crippen LogP contribution in [0.2, 0.25) is 0 Å². The van der Waals surface area contributed by atoms with Crippen molar-refractivity contribution in [2.45, 2.75) is 105 Å². The van der Waals surface area contributed by atoms with Gasteiger partial charge in [-0.25, -0.2) is 0 Å². The molecule has 0 heterocycles. The molecule has 2 aliphatic carbocycles. The zero-order valence-corrected chi connectivity index (χ0v) is 45.2. The molecule has 0 nitrogen and oxygen atoms in total. The lowest BCUT2D eigenvalue weighted by Crippen LogP contribution is -2.17. The molecule has 12 aromatic carbocycles. The summed E-state index contributed by atoms with van der Waals surface area (Å²) in [6, 6.07) is 66.9. The Balaban J connectivity index is 1.13. The zero-order valence-electron chi connectivity index (χ0n) is 45.2. The Kier molecular flexibility index (Phi) is 9.17. The number of hydrogen-bond donors (Lipinski definition) is 0. The van der Waals surface area contributed by atoms with Crippen LogP contribution in [-0.4, -0.2) is 0 Å². The summed E-state index contributed by atoms with van der Waals surface area (Å²) in [5.41, 5.74) is 23.8. The molecule has 360 valence electrons. The maximum atomic E-state index is 2.54. The van der Waals surface area contributed by atoms with Crippen LogP contribution >= 0.6 is 0 Å². The summed E-state index contributed by atoms with van der Waals surface area (Å²) in [6.07, 6.45) is 0. The number of rotatable bonds is 3. The van der Waals surface area contributed by atoms with Gasteiger partial charge in [-0.15, -0.1) is 0 Å². The zero-order chi connectivity index (χ0) is 51.1. The quantitative estimate of drug-likeness (QED) is 0.122. The fraction of sp³-hybridized carbons (Fsp3) is 0.216. The molecule has 0 aromatic heterocycles. The first-order chi connectivity index (χ1) is 35.2. The van der Waals surface area contributed by atoms with Gasteiger partial charge < -0.3 is 0 Å². The van der Waals surface area contributed by atoms with Gasteiger partial charge in [-0.2, -0.15) is 0 Å². The van der Waals surface area contributed by atoms with Crippen LogP contribution in [0.3, 0.4) is 0 Å². The van der Waals surface area contributed by atoms with Gasteiger partial charge in [-0.05, 0) is 199 Å². The van der Waals surface area contributed by atoms with Gasteiger partial charge in [0.1, 0.15) is 0 Å². The van der Waals surface area contributed by atoms with Crippen molar-refractivity contribution in [3.63, 3.8) is 0 Å². The van der Waals surface area contributed by atoms with Gasteiger partial charge in [0.2, 0.25) is 0 Å². The Morgan fingerprint density at radius 1 is 0.216 bits per heavy atom. The van der Waals surface area contributed by atoms with E-state index in [1.165, 1.54) is 165 Å². The van der Waals surface area contributed by atoms with E-state index in [9.17, 15) is 0 Å². The van der Waals surface area contributed by atoms with Crippen molar-refractivity contribution in [1.82, 2.24) is 0 Å². The van der Waals surface area contributed by atoms with Crippen LogP contribution in [-0.2, 0) is 21.7 Å². The van der Waals surface area contributed by atoms with Crippen LogP contribution in [0, 0.1) is 0 Å². The number of hydrogen-bond acceptors (Lipinski definition) is 0. The molecule has 0 spiro atoms. The van der Waals surface area contributed by atoms with Crippen LogP contribution in [0.25, 0.3) is 143 Å². The van der Waals surface area contributed by atoms with E-state index in [-0.39, 0.29) is 21.7 Å². The van der Waals surface area contributed by atoms with Gasteiger partial charge in [0.05, 0.1) is 0 Å². The van der Waals surface area contributed by atoms with Crippen molar-refractivity contribution in [3.05, 3.63) is 192 Å². The molecule has 0 radical (unpaired) electrons. The van der Waals surface area contributed by atoms with Crippen molar-refractivity contribution >= 4 is 64.6 Å². The van der Waals surface area contributed by atoms with Crippen molar-refractivity contribution < 1.29 is 0 Å². The molecule has 0 aliphatic heterocycles.